The highest BCUT2D eigenvalue weighted by atomic mass is 35.5. The Morgan fingerprint density at radius 3 is 2.51 bits per heavy atom. The van der Waals surface area contributed by atoms with Gasteiger partial charge in [-0.1, -0.05) is 54.1 Å². The van der Waals surface area contributed by atoms with E-state index in [9.17, 15) is 14.3 Å². The fourth-order valence-electron chi connectivity index (χ4n) is 5.25. The van der Waals surface area contributed by atoms with Gasteiger partial charge in [-0.05, 0) is 70.9 Å². The Morgan fingerprint density at radius 2 is 1.81 bits per heavy atom. The van der Waals surface area contributed by atoms with Crippen molar-refractivity contribution in [3.63, 3.8) is 0 Å². The van der Waals surface area contributed by atoms with E-state index in [-0.39, 0.29) is 24.6 Å². The summed E-state index contributed by atoms with van der Waals surface area (Å²) < 4.78 is 18.5. The minimum Gasteiger partial charge on any atom is -0.493 e. The lowest BCUT2D eigenvalue weighted by atomic mass is 9.86. The summed E-state index contributed by atoms with van der Waals surface area (Å²) in [4.78, 5) is 13.9. The molecule has 1 fully saturated rings. The van der Waals surface area contributed by atoms with Gasteiger partial charge in [-0.15, -0.1) is 12.4 Å². The lowest BCUT2D eigenvalue weighted by Crippen LogP contribution is -2.47. The van der Waals surface area contributed by atoms with E-state index in [1.54, 1.807) is 12.1 Å². The van der Waals surface area contributed by atoms with Crippen LogP contribution in [0.4, 0.5) is 4.39 Å². The molecular formula is C30H30Cl2FNO3. The van der Waals surface area contributed by atoms with Gasteiger partial charge in [-0.25, -0.2) is 4.79 Å². The number of hydrogen-bond acceptors (Lipinski definition) is 3. The van der Waals surface area contributed by atoms with Crippen molar-refractivity contribution in [1.29, 1.82) is 0 Å². The van der Waals surface area contributed by atoms with Crippen LogP contribution in [0.15, 0.2) is 66.7 Å². The predicted octanol–water partition coefficient (Wildman–Crippen LogP) is 7.04. The molecule has 5 rings (SSSR count). The van der Waals surface area contributed by atoms with Crippen molar-refractivity contribution in [3.05, 3.63) is 99.6 Å². The van der Waals surface area contributed by atoms with Crippen LogP contribution in [0.2, 0.25) is 5.02 Å². The van der Waals surface area contributed by atoms with Gasteiger partial charge in [0.05, 0.1) is 18.8 Å². The number of likely N-dealkylation sites (tertiary alicyclic amines) is 1. The molecule has 0 bridgehead atoms. The molecule has 0 aromatic heterocycles. The van der Waals surface area contributed by atoms with Crippen molar-refractivity contribution in [1.82, 2.24) is 4.90 Å². The molecule has 7 heteroatoms. The first kappa shape index (κ1) is 27.2. The molecule has 0 aliphatic carbocycles. The number of nitrogens with zero attached hydrogens (tertiary/aromatic N) is 1. The van der Waals surface area contributed by atoms with E-state index in [0.717, 1.165) is 53.9 Å². The third kappa shape index (κ3) is 6.01. The summed E-state index contributed by atoms with van der Waals surface area (Å²) in [5, 5.41) is 10.2. The minimum absolute atomic E-state index is 0. The Kier molecular flexibility index (Phi) is 8.91. The van der Waals surface area contributed by atoms with Crippen LogP contribution < -0.4 is 4.74 Å². The zero-order chi connectivity index (χ0) is 25.1. The summed E-state index contributed by atoms with van der Waals surface area (Å²) in [6, 6.07) is 21.5. The molecule has 2 heterocycles. The smallest absolute Gasteiger partial charge is 0.335 e. The summed E-state index contributed by atoms with van der Waals surface area (Å²) in [5.41, 5.74) is 6.44. The molecule has 0 saturated carbocycles. The Bertz CT molecular complexity index is 1290. The molecule has 2 aliphatic heterocycles. The number of ether oxygens (including phenoxy) is 1. The van der Waals surface area contributed by atoms with Crippen LogP contribution in [0.3, 0.4) is 0 Å². The summed E-state index contributed by atoms with van der Waals surface area (Å²) in [6.45, 7) is 3.08. The van der Waals surface area contributed by atoms with Crippen molar-refractivity contribution in [2.45, 2.75) is 19.3 Å². The zero-order valence-electron chi connectivity index (χ0n) is 20.5. The average molecular weight is 542 g/mol. The highest BCUT2D eigenvalue weighted by Crippen LogP contribution is 2.43. The molecule has 194 valence electrons. The monoisotopic (exact) mass is 541 g/mol. The largest absolute Gasteiger partial charge is 0.493 e. The summed E-state index contributed by atoms with van der Waals surface area (Å²) in [7, 11) is 0. The highest BCUT2D eigenvalue weighted by Gasteiger charge is 2.27. The molecule has 0 amide bonds. The molecule has 4 nitrogen and oxygen atoms in total. The molecule has 3 aromatic rings. The fourth-order valence-corrected chi connectivity index (χ4v) is 5.50. The normalized spacial score (nSPS) is 15.7. The first-order chi connectivity index (χ1) is 17.5. The first-order valence-corrected chi connectivity index (χ1v) is 12.8. The zero-order valence-corrected chi connectivity index (χ0v) is 22.0. The van der Waals surface area contributed by atoms with Crippen molar-refractivity contribution in [2.24, 2.45) is 5.92 Å². The number of aromatic carboxylic acids is 1. The molecule has 37 heavy (non-hydrogen) atoms. The first-order valence-electron chi connectivity index (χ1n) is 12.4. The molecule has 0 unspecified atom stereocenters. The van der Waals surface area contributed by atoms with Crippen LogP contribution >= 0.6 is 24.0 Å². The maximum atomic E-state index is 12.4. The molecular weight excluding hydrogens is 512 g/mol. The molecule has 1 saturated heterocycles. The maximum Gasteiger partial charge on any atom is 0.335 e. The van der Waals surface area contributed by atoms with Gasteiger partial charge in [0.25, 0.3) is 0 Å². The van der Waals surface area contributed by atoms with Crippen LogP contribution in [-0.4, -0.2) is 48.9 Å². The SMILES string of the molecule is Cl.O=C(O)c1ccc2c(c1)OCCC(c1ccccc1Cl)=C2c1ccc(CC2CN(CCCF)C2)cc1. The number of carboxylic acids is 1. The Labute approximate surface area is 228 Å². The Morgan fingerprint density at radius 1 is 1.05 bits per heavy atom. The van der Waals surface area contributed by atoms with E-state index in [2.05, 4.69) is 29.2 Å². The topological polar surface area (TPSA) is 49.8 Å². The maximum absolute atomic E-state index is 12.4. The van der Waals surface area contributed by atoms with Gasteiger partial charge in [-0.2, -0.15) is 0 Å². The van der Waals surface area contributed by atoms with E-state index in [1.165, 1.54) is 5.56 Å². The van der Waals surface area contributed by atoms with E-state index in [1.807, 2.05) is 30.3 Å². The van der Waals surface area contributed by atoms with Crippen LogP contribution in [0.5, 0.6) is 5.75 Å². The second-order valence-electron chi connectivity index (χ2n) is 9.52. The Balaban J connectivity index is 0.00000320. The van der Waals surface area contributed by atoms with Crippen LogP contribution in [0, 0.1) is 5.92 Å². The van der Waals surface area contributed by atoms with E-state index in [0.29, 0.717) is 36.1 Å². The van der Waals surface area contributed by atoms with Crippen molar-refractivity contribution < 1.29 is 19.0 Å². The van der Waals surface area contributed by atoms with Gasteiger partial charge in [-0.3, -0.25) is 4.39 Å². The molecule has 0 spiro atoms. The second-order valence-corrected chi connectivity index (χ2v) is 9.92. The average Bonchev–Trinajstić information content (AvgIpc) is 3.05. The van der Waals surface area contributed by atoms with E-state index < -0.39 is 5.97 Å². The van der Waals surface area contributed by atoms with E-state index in [4.69, 9.17) is 16.3 Å². The van der Waals surface area contributed by atoms with Gasteiger partial charge < -0.3 is 14.7 Å². The number of benzene rings is 3. The number of alkyl halides is 1. The molecule has 2 aliphatic rings. The number of fused-ring (bicyclic) bond motifs is 1. The standard InChI is InChI=1S/C30H29ClFNO3.ClH/c31-27-5-2-1-4-24(27)25-12-15-36-28-17-23(30(34)35)10-11-26(28)29(25)22-8-6-20(7-9-22)16-21-18-33(19-21)14-3-13-32;/h1-2,4-11,17,21H,3,12-16,18-19H2,(H,34,35);1H. The van der Waals surface area contributed by atoms with Gasteiger partial charge in [0, 0.05) is 36.6 Å². The predicted molar refractivity (Wildman–Crippen MR) is 149 cm³/mol. The third-order valence-corrected chi connectivity index (χ3v) is 7.35. The lowest BCUT2D eigenvalue weighted by molar-refractivity contribution is 0.0696. The summed E-state index contributed by atoms with van der Waals surface area (Å²) >= 11 is 6.63. The second kappa shape index (κ2) is 12.1. The number of carbonyl (C=O) groups is 1. The van der Waals surface area contributed by atoms with Gasteiger partial charge in [0.1, 0.15) is 5.75 Å². The molecule has 1 N–H and O–H groups in total. The molecule has 3 aromatic carbocycles. The highest BCUT2D eigenvalue weighted by molar-refractivity contribution is 6.32. The number of carboxylic acid groups (broad SMARTS) is 1. The summed E-state index contributed by atoms with van der Waals surface area (Å²) in [6.07, 6.45) is 2.27. The third-order valence-electron chi connectivity index (χ3n) is 7.02. The van der Waals surface area contributed by atoms with E-state index >= 15 is 0 Å². The number of hydrogen-bond donors (Lipinski definition) is 1. The molecule has 0 atom stereocenters. The van der Waals surface area contributed by atoms with Crippen molar-refractivity contribution >= 4 is 41.1 Å². The molecule has 0 radical (unpaired) electrons. The van der Waals surface area contributed by atoms with Crippen molar-refractivity contribution in [2.75, 3.05) is 32.9 Å². The number of halogens is 3. The minimum atomic E-state index is -0.980. The van der Waals surface area contributed by atoms with Crippen LogP contribution in [-0.2, 0) is 6.42 Å². The number of rotatable bonds is 8. The van der Waals surface area contributed by atoms with Gasteiger partial charge >= 0.3 is 5.97 Å². The van der Waals surface area contributed by atoms with Crippen LogP contribution in [0.1, 0.15) is 45.5 Å². The van der Waals surface area contributed by atoms with Gasteiger partial charge in [0.15, 0.2) is 0 Å². The fraction of sp³-hybridized carbons (Fsp3) is 0.300. The lowest BCUT2D eigenvalue weighted by Gasteiger charge is -2.39. The van der Waals surface area contributed by atoms with Gasteiger partial charge in [0.2, 0.25) is 0 Å². The van der Waals surface area contributed by atoms with Crippen molar-refractivity contribution in [3.8, 4) is 5.75 Å². The summed E-state index contributed by atoms with van der Waals surface area (Å²) in [5.74, 6) is 0.194. The Hall–Kier alpha value is -2.86. The van der Waals surface area contributed by atoms with Crippen LogP contribution in [0.25, 0.3) is 11.1 Å². The quantitative estimate of drug-likeness (QED) is 0.332.